The quantitative estimate of drug-likeness (QED) is 0.579. The number of rotatable bonds is 4. The zero-order valence-electron chi connectivity index (χ0n) is 7.38. The molecular formula is C10H10O3S. The van der Waals surface area contributed by atoms with Crippen LogP contribution in [0.25, 0.3) is 0 Å². The molecule has 1 atom stereocenters. The van der Waals surface area contributed by atoms with E-state index in [9.17, 15) is 9.59 Å². The normalized spacial score (nSPS) is 12.1. The molecule has 0 radical (unpaired) electrons. The first-order chi connectivity index (χ1) is 6.61. The third kappa shape index (κ3) is 2.88. The van der Waals surface area contributed by atoms with Crippen molar-refractivity contribution in [2.45, 2.75) is 11.7 Å². The maximum atomic E-state index is 11.0. The van der Waals surface area contributed by atoms with Crippen molar-refractivity contribution in [2.75, 3.05) is 0 Å². The number of hydrogen-bond donors (Lipinski definition) is 2. The summed E-state index contributed by atoms with van der Waals surface area (Å²) in [5.41, 5.74) is 0.905. The van der Waals surface area contributed by atoms with E-state index in [0.29, 0.717) is 6.42 Å². The van der Waals surface area contributed by atoms with Crippen LogP contribution in [0, 0.1) is 0 Å². The highest BCUT2D eigenvalue weighted by Crippen LogP contribution is 2.08. The molecule has 1 rings (SSSR count). The average Bonchev–Trinajstić information content (AvgIpc) is 2.18. The molecule has 1 aromatic rings. The summed E-state index contributed by atoms with van der Waals surface area (Å²) in [4.78, 5) is 21.3. The number of benzene rings is 1. The monoisotopic (exact) mass is 210 g/mol. The summed E-state index contributed by atoms with van der Waals surface area (Å²) >= 11 is 3.95. The molecular weight excluding hydrogens is 200 g/mol. The first kappa shape index (κ1) is 10.8. The lowest BCUT2D eigenvalue weighted by molar-refractivity contribution is -0.148. The number of aliphatic carboxylic acids is 1. The van der Waals surface area contributed by atoms with Gasteiger partial charge in [0, 0.05) is 0 Å². The predicted molar refractivity (Wildman–Crippen MR) is 55.6 cm³/mol. The van der Waals surface area contributed by atoms with E-state index in [1.807, 2.05) is 30.3 Å². The van der Waals surface area contributed by atoms with E-state index in [1.54, 1.807) is 0 Å². The number of thiol groups is 1. The maximum absolute atomic E-state index is 11.0. The molecule has 0 aliphatic heterocycles. The molecule has 0 aromatic heterocycles. The predicted octanol–water partition coefficient (Wildman–Crippen LogP) is 1.18. The van der Waals surface area contributed by atoms with Gasteiger partial charge in [0.2, 0.25) is 0 Å². The summed E-state index contributed by atoms with van der Waals surface area (Å²) < 4.78 is 0. The Bertz CT molecular complexity index is 334. The van der Waals surface area contributed by atoms with Crippen molar-refractivity contribution in [2.24, 2.45) is 0 Å². The Balaban J connectivity index is 2.62. The van der Waals surface area contributed by atoms with Gasteiger partial charge < -0.3 is 5.11 Å². The Labute approximate surface area is 87.2 Å². The second-order valence-electron chi connectivity index (χ2n) is 2.87. The Hall–Kier alpha value is -1.29. The Morgan fingerprint density at radius 1 is 1.29 bits per heavy atom. The molecule has 0 fully saturated rings. The highest BCUT2D eigenvalue weighted by molar-refractivity contribution is 7.82. The Kier molecular flexibility index (Phi) is 3.71. The molecule has 0 bridgehead atoms. The van der Waals surface area contributed by atoms with Crippen LogP contribution < -0.4 is 0 Å². The van der Waals surface area contributed by atoms with E-state index in [4.69, 9.17) is 5.11 Å². The SMILES string of the molecule is O=C(O)C(=O)C(S)Cc1ccccc1. The molecule has 1 N–H and O–H groups in total. The number of ketones is 1. The Morgan fingerprint density at radius 3 is 2.36 bits per heavy atom. The number of carbonyl (C=O) groups excluding carboxylic acids is 1. The smallest absolute Gasteiger partial charge is 0.373 e. The van der Waals surface area contributed by atoms with Gasteiger partial charge in [0.05, 0.1) is 5.25 Å². The van der Waals surface area contributed by atoms with Crippen LogP contribution in [0.5, 0.6) is 0 Å². The zero-order chi connectivity index (χ0) is 10.6. The third-order valence-electron chi connectivity index (χ3n) is 1.79. The average molecular weight is 210 g/mol. The molecule has 1 aromatic carbocycles. The van der Waals surface area contributed by atoms with Gasteiger partial charge in [-0.25, -0.2) is 4.79 Å². The van der Waals surface area contributed by atoms with Crippen LogP contribution in [-0.2, 0) is 16.0 Å². The van der Waals surface area contributed by atoms with Crippen LogP contribution in [0.15, 0.2) is 30.3 Å². The van der Waals surface area contributed by atoms with Crippen molar-refractivity contribution < 1.29 is 14.7 Å². The van der Waals surface area contributed by atoms with Crippen molar-refractivity contribution in [1.29, 1.82) is 0 Å². The summed E-state index contributed by atoms with van der Waals surface area (Å²) in [6.45, 7) is 0. The molecule has 0 saturated heterocycles. The lowest BCUT2D eigenvalue weighted by Crippen LogP contribution is -2.25. The van der Waals surface area contributed by atoms with Crippen LogP contribution in [0.4, 0.5) is 0 Å². The molecule has 3 nitrogen and oxygen atoms in total. The summed E-state index contributed by atoms with van der Waals surface area (Å²) in [5, 5.41) is 7.66. The van der Waals surface area contributed by atoms with Gasteiger partial charge in [0.25, 0.3) is 5.78 Å². The van der Waals surface area contributed by atoms with Crippen LogP contribution in [0.2, 0.25) is 0 Å². The lowest BCUT2D eigenvalue weighted by Gasteiger charge is -2.05. The van der Waals surface area contributed by atoms with Crippen LogP contribution in [0.3, 0.4) is 0 Å². The molecule has 0 aliphatic carbocycles. The first-order valence-electron chi connectivity index (χ1n) is 4.10. The van der Waals surface area contributed by atoms with Crippen LogP contribution >= 0.6 is 12.6 Å². The number of hydrogen-bond acceptors (Lipinski definition) is 3. The van der Waals surface area contributed by atoms with E-state index >= 15 is 0 Å². The van der Waals surface area contributed by atoms with Gasteiger partial charge in [-0.15, -0.1) is 0 Å². The van der Waals surface area contributed by atoms with E-state index in [-0.39, 0.29) is 0 Å². The molecule has 0 heterocycles. The summed E-state index contributed by atoms with van der Waals surface area (Å²) in [7, 11) is 0. The van der Waals surface area contributed by atoms with E-state index in [2.05, 4.69) is 12.6 Å². The standard InChI is InChI=1S/C10H10O3S/c11-9(10(12)13)8(14)6-7-4-2-1-3-5-7/h1-5,8,14H,6H2,(H,12,13). The minimum atomic E-state index is -1.43. The fourth-order valence-electron chi connectivity index (χ4n) is 1.07. The Morgan fingerprint density at radius 2 is 1.86 bits per heavy atom. The molecule has 4 heteroatoms. The second-order valence-corrected chi connectivity index (χ2v) is 3.50. The van der Waals surface area contributed by atoms with Crippen LogP contribution in [0.1, 0.15) is 5.56 Å². The van der Waals surface area contributed by atoms with Crippen molar-refractivity contribution in [3.8, 4) is 0 Å². The first-order valence-corrected chi connectivity index (χ1v) is 4.62. The third-order valence-corrected chi connectivity index (χ3v) is 2.20. The summed E-state index contributed by atoms with van der Waals surface area (Å²) in [6.07, 6.45) is 0.342. The van der Waals surface area contributed by atoms with E-state index in [1.165, 1.54) is 0 Å². The van der Waals surface area contributed by atoms with Crippen molar-refractivity contribution >= 4 is 24.4 Å². The fourth-order valence-corrected chi connectivity index (χ4v) is 1.39. The molecule has 74 valence electrons. The van der Waals surface area contributed by atoms with Gasteiger partial charge in [-0.05, 0) is 12.0 Å². The number of Topliss-reactive ketones (excluding diaryl/α,β-unsaturated/α-hetero) is 1. The second kappa shape index (κ2) is 4.81. The molecule has 0 spiro atoms. The maximum Gasteiger partial charge on any atom is 0.373 e. The van der Waals surface area contributed by atoms with E-state index < -0.39 is 17.0 Å². The van der Waals surface area contributed by atoms with Gasteiger partial charge in [-0.3, -0.25) is 4.79 Å². The number of carbonyl (C=O) groups is 2. The fraction of sp³-hybridized carbons (Fsp3) is 0.200. The van der Waals surface area contributed by atoms with Crippen molar-refractivity contribution in [1.82, 2.24) is 0 Å². The lowest BCUT2D eigenvalue weighted by atomic mass is 10.1. The topological polar surface area (TPSA) is 54.4 Å². The van der Waals surface area contributed by atoms with Crippen molar-refractivity contribution in [3.63, 3.8) is 0 Å². The minimum Gasteiger partial charge on any atom is -0.475 e. The molecule has 0 amide bonds. The molecule has 0 aliphatic rings. The van der Waals surface area contributed by atoms with Gasteiger partial charge in [-0.1, -0.05) is 30.3 Å². The van der Waals surface area contributed by atoms with Crippen LogP contribution in [-0.4, -0.2) is 22.1 Å². The number of carboxylic acids is 1. The van der Waals surface area contributed by atoms with Crippen molar-refractivity contribution in [3.05, 3.63) is 35.9 Å². The molecule has 1 unspecified atom stereocenters. The minimum absolute atomic E-state index is 0.342. The van der Waals surface area contributed by atoms with Gasteiger partial charge in [0.15, 0.2) is 0 Å². The van der Waals surface area contributed by atoms with E-state index in [0.717, 1.165) is 5.56 Å². The highest BCUT2D eigenvalue weighted by Gasteiger charge is 2.21. The van der Waals surface area contributed by atoms with Gasteiger partial charge in [-0.2, -0.15) is 12.6 Å². The largest absolute Gasteiger partial charge is 0.475 e. The summed E-state index contributed by atoms with van der Waals surface area (Å²) in [5.74, 6) is -2.29. The molecule has 14 heavy (non-hydrogen) atoms. The summed E-state index contributed by atoms with van der Waals surface area (Å²) in [6, 6.07) is 9.19. The molecule has 0 saturated carbocycles. The van der Waals surface area contributed by atoms with Gasteiger partial charge in [0.1, 0.15) is 0 Å². The zero-order valence-corrected chi connectivity index (χ0v) is 8.28. The highest BCUT2D eigenvalue weighted by atomic mass is 32.1. The number of carboxylic acid groups (broad SMARTS) is 1. The van der Waals surface area contributed by atoms with Gasteiger partial charge >= 0.3 is 5.97 Å².